The van der Waals surface area contributed by atoms with Crippen molar-refractivity contribution in [3.05, 3.63) is 148 Å². The minimum Gasteiger partial charge on any atom is -0.235 e. The van der Waals surface area contributed by atoms with Crippen molar-refractivity contribution in [3.63, 3.8) is 0 Å². The molecule has 2 heterocycles. The maximum Gasteiger partial charge on any atom is 0.282 e. The van der Waals surface area contributed by atoms with Crippen molar-refractivity contribution in [2.24, 2.45) is 14.1 Å². The van der Waals surface area contributed by atoms with Gasteiger partial charge in [0.15, 0.2) is 11.1 Å². The fourth-order valence-corrected chi connectivity index (χ4v) is 7.67. The van der Waals surface area contributed by atoms with Crippen molar-refractivity contribution in [1.82, 2.24) is 4.57 Å². The number of aromatic nitrogens is 3. The van der Waals surface area contributed by atoms with Gasteiger partial charge in [0, 0.05) is 23.3 Å². The van der Waals surface area contributed by atoms with Crippen molar-refractivity contribution in [3.8, 4) is 5.69 Å². The minimum atomic E-state index is -0.478. The minimum absolute atomic E-state index is 0.192. The van der Waals surface area contributed by atoms with Crippen molar-refractivity contribution in [2.75, 3.05) is 0 Å². The second-order valence-corrected chi connectivity index (χ2v) is 13.9. The average Bonchev–Trinajstić information content (AvgIpc) is 3.38. The van der Waals surface area contributed by atoms with Crippen molar-refractivity contribution in [1.29, 1.82) is 0 Å². The van der Waals surface area contributed by atoms with Crippen molar-refractivity contribution in [2.45, 2.75) is 85.0 Å². The van der Waals surface area contributed by atoms with E-state index in [4.69, 9.17) is 0 Å². The zero-order valence-electron chi connectivity index (χ0n) is 28.7. The van der Waals surface area contributed by atoms with Crippen LogP contribution in [0.25, 0.3) is 5.69 Å². The SMILES string of the molecule is Cc1ccccc1C(C)(C)c1cccc(C(C)(c2ccccc2C)c2n(C)cc[n+]2-c2c(C(C)C)cccc2C(C)C)[n+]1C. The van der Waals surface area contributed by atoms with Gasteiger partial charge in [0.25, 0.3) is 5.82 Å². The van der Waals surface area contributed by atoms with Crippen LogP contribution in [0.15, 0.2) is 97.3 Å². The Bertz CT molecular complexity index is 1780. The van der Waals surface area contributed by atoms with E-state index in [1.807, 2.05) is 0 Å². The third-order valence-electron chi connectivity index (χ3n) is 9.92. The van der Waals surface area contributed by atoms with Crippen LogP contribution in [0.1, 0.15) is 111 Å². The van der Waals surface area contributed by atoms with Gasteiger partial charge in [-0.2, -0.15) is 4.57 Å². The molecule has 3 aromatic carbocycles. The van der Waals surface area contributed by atoms with Gasteiger partial charge < -0.3 is 0 Å². The van der Waals surface area contributed by atoms with E-state index in [1.165, 1.54) is 56.3 Å². The molecule has 0 aliphatic heterocycles. The molecule has 0 spiro atoms. The Morgan fingerprint density at radius 2 is 1.14 bits per heavy atom. The van der Waals surface area contributed by atoms with Gasteiger partial charge in [-0.1, -0.05) is 94.4 Å². The number of pyridine rings is 1. The highest BCUT2D eigenvalue weighted by atomic mass is 15.2. The van der Waals surface area contributed by atoms with Crippen LogP contribution >= 0.6 is 0 Å². The standard InChI is InChI=1S/C41H51N3/c1-28(2)32-20-16-21-33(29(3)4)38(32)44-27-26-42(10)39(44)41(9,35-23-15-13-19-31(35)6)37-25-17-24-36(43(37)11)40(7,8)34-22-14-12-18-30(34)5/h12-29H,1-11H3/q+2. The molecule has 3 heteroatoms. The van der Waals surface area contributed by atoms with Gasteiger partial charge in [-0.05, 0) is 74.8 Å². The number of benzene rings is 3. The Morgan fingerprint density at radius 3 is 1.68 bits per heavy atom. The third kappa shape index (κ3) is 5.11. The van der Waals surface area contributed by atoms with Crippen molar-refractivity contribution < 1.29 is 9.13 Å². The van der Waals surface area contributed by atoms with Gasteiger partial charge in [-0.25, -0.2) is 9.13 Å². The van der Waals surface area contributed by atoms with E-state index in [1.54, 1.807) is 0 Å². The zero-order chi connectivity index (χ0) is 32.0. The fourth-order valence-electron chi connectivity index (χ4n) is 7.67. The van der Waals surface area contributed by atoms with Gasteiger partial charge in [0.05, 0.1) is 12.5 Å². The maximum absolute atomic E-state index is 2.50. The summed E-state index contributed by atoms with van der Waals surface area (Å²) in [6.07, 6.45) is 4.51. The molecule has 228 valence electrons. The first-order valence-corrected chi connectivity index (χ1v) is 16.1. The number of aryl methyl sites for hydroxylation is 3. The van der Waals surface area contributed by atoms with Gasteiger partial charge in [0.2, 0.25) is 5.69 Å². The number of hydrogen-bond acceptors (Lipinski definition) is 0. The summed E-state index contributed by atoms with van der Waals surface area (Å²) in [5.74, 6) is 2.02. The molecule has 0 N–H and O–H groups in total. The van der Waals surface area contributed by atoms with E-state index in [0.717, 1.165) is 0 Å². The zero-order valence-corrected chi connectivity index (χ0v) is 28.7. The number of para-hydroxylation sites is 1. The number of imidazole rings is 1. The lowest BCUT2D eigenvalue weighted by Gasteiger charge is -2.30. The van der Waals surface area contributed by atoms with Crippen LogP contribution in [0.3, 0.4) is 0 Å². The van der Waals surface area contributed by atoms with Gasteiger partial charge in [-0.15, -0.1) is 0 Å². The summed E-state index contributed by atoms with van der Waals surface area (Å²) in [4.78, 5) is 0. The van der Waals surface area contributed by atoms with Gasteiger partial charge in [-0.3, -0.25) is 0 Å². The molecule has 3 nitrogen and oxygen atoms in total. The Hall–Kier alpha value is -3.98. The average molecular weight is 586 g/mol. The Morgan fingerprint density at radius 1 is 0.636 bits per heavy atom. The molecule has 0 saturated carbocycles. The van der Waals surface area contributed by atoms with Crippen LogP contribution in [-0.2, 0) is 24.9 Å². The van der Waals surface area contributed by atoms with Crippen LogP contribution < -0.4 is 9.13 Å². The van der Waals surface area contributed by atoms with E-state index in [0.29, 0.717) is 11.8 Å². The lowest BCUT2D eigenvalue weighted by atomic mass is 9.74. The van der Waals surface area contributed by atoms with Gasteiger partial charge in [0.1, 0.15) is 25.1 Å². The first-order chi connectivity index (χ1) is 20.8. The van der Waals surface area contributed by atoms with Gasteiger partial charge >= 0.3 is 0 Å². The lowest BCUT2D eigenvalue weighted by Crippen LogP contribution is -2.54. The van der Waals surface area contributed by atoms with E-state index in [-0.39, 0.29) is 5.41 Å². The molecule has 5 aromatic rings. The summed E-state index contributed by atoms with van der Waals surface area (Å²) in [6.45, 7) is 20.9. The summed E-state index contributed by atoms with van der Waals surface area (Å²) in [7, 11) is 4.46. The smallest absolute Gasteiger partial charge is 0.235 e. The van der Waals surface area contributed by atoms with Crippen molar-refractivity contribution >= 4 is 0 Å². The van der Waals surface area contributed by atoms with Crippen LogP contribution in [-0.4, -0.2) is 4.57 Å². The summed E-state index contributed by atoms with van der Waals surface area (Å²) in [6, 6.07) is 31.5. The van der Waals surface area contributed by atoms with Crippen LogP contribution in [0.4, 0.5) is 0 Å². The largest absolute Gasteiger partial charge is 0.282 e. The highest BCUT2D eigenvalue weighted by Gasteiger charge is 2.50. The molecule has 1 atom stereocenters. The Kier molecular flexibility index (Phi) is 8.46. The van der Waals surface area contributed by atoms with E-state index < -0.39 is 5.41 Å². The Balaban J connectivity index is 1.89. The predicted molar refractivity (Wildman–Crippen MR) is 183 cm³/mol. The molecule has 0 bridgehead atoms. The van der Waals surface area contributed by atoms with E-state index in [9.17, 15) is 0 Å². The molecule has 0 amide bonds. The first-order valence-electron chi connectivity index (χ1n) is 16.1. The summed E-state index contributed by atoms with van der Waals surface area (Å²) < 4.78 is 7.30. The molecular weight excluding hydrogens is 534 g/mol. The fraction of sp³-hybridized carbons (Fsp3) is 0.366. The number of hydrogen-bond donors (Lipinski definition) is 0. The number of rotatable bonds is 8. The van der Waals surface area contributed by atoms with E-state index in [2.05, 4.69) is 187 Å². The Labute approximate surface area is 265 Å². The molecule has 5 rings (SSSR count). The second kappa shape index (κ2) is 11.8. The topological polar surface area (TPSA) is 12.7 Å². The second-order valence-electron chi connectivity index (χ2n) is 13.9. The molecule has 44 heavy (non-hydrogen) atoms. The number of nitrogens with zero attached hydrogens (tertiary/aromatic N) is 3. The van der Waals surface area contributed by atoms with Crippen LogP contribution in [0.5, 0.6) is 0 Å². The normalized spacial score (nSPS) is 13.5. The molecule has 0 radical (unpaired) electrons. The highest BCUT2D eigenvalue weighted by Crippen LogP contribution is 2.40. The van der Waals surface area contributed by atoms with Crippen LogP contribution in [0, 0.1) is 13.8 Å². The molecule has 0 aliphatic carbocycles. The third-order valence-corrected chi connectivity index (χ3v) is 9.92. The molecule has 0 saturated heterocycles. The summed E-state index contributed by atoms with van der Waals surface area (Å²) >= 11 is 0. The van der Waals surface area contributed by atoms with E-state index >= 15 is 0 Å². The summed E-state index contributed by atoms with van der Waals surface area (Å²) in [5, 5.41) is 0. The first kappa shape index (κ1) is 31.4. The maximum atomic E-state index is 2.50. The highest BCUT2D eigenvalue weighted by molar-refractivity contribution is 5.49. The molecule has 0 fully saturated rings. The van der Waals surface area contributed by atoms with Crippen LogP contribution in [0.2, 0.25) is 0 Å². The quantitative estimate of drug-likeness (QED) is 0.162. The molecule has 2 aromatic heterocycles. The molecule has 1 unspecified atom stereocenters. The monoisotopic (exact) mass is 585 g/mol. The summed E-state index contributed by atoms with van der Waals surface area (Å²) in [5.41, 5.74) is 11.2. The molecule has 0 aliphatic rings. The molecular formula is C41H51N3+2. The predicted octanol–water partition coefficient (Wildman–Crippen LogP) is 8.67. The lowest BCUT2D eigenvalue weighted by molar-refractivity contribution is -0.694.